The molecule has 0 unspecified atom stereocenters. The van der Waals surface area contributed by atoms with E-state index in [9.17, 15) is 0 Å². The van der Waals surface area contributed by atoms with Crippen LogP contribution in [0.3, 0.4) is 0 Å². The van der Waals surface area contributed by atoms with Crippen molar-refractivity contribution in [1.82, 2.24) is 4.98 Å². The van der Waals surface area contributed by atoms with Gasteiger partial charge in [0.2, 0.25) is 0 Å². The van der Waals surface area contributed by atoms with E-state index >= 15 is 0 Å². The van der Waals surface area contributed by atoms with Crippen molar-refractivity contribution in [2.24, 2.45) is 0 Å². The first-order valence-corrected chi connectivity index (χ1v) is 4.95. The lowest BCUT2D eigenvalue weighted by molar-refractivity contribution is 1.35. The van der Waals surface area contributed by atoms with E-state index in [0.717, 1.165) is 11.2 Å². The number of nitrogens with zero attached hydrogens (tertiary/aromatic N) is 1. The Bertz CT molecular complexity index is 641. The van der Waals surface area contributed by atoms with Crippen molar-refractivity contribution in [3.05, 3.63) is 61.1 Å². The summed E-state index contributed by atoms with van der Waals surface area (Å²) in [6.07, 6.45) is 0. The second kappa shape index (κ2) is 3.06. The molecule has 0 saturated heterocycles. The first-order chi connectivity index (χ1) is 7.34. The highest BCUT2D eigenvalue weighted by Crippen LogP contribution is 2.23. The molecule has 15 heavy (non-hydrogen) atoms. The third-order valence-electron chi connectivity index (χ3n) is 2.64. The largest absolute Gasteiger partial charge is 0.252 e. The summed E-state index contributed by atoms with van der Waals surface area (Å²) in [6, 6.07) is 16.5. The van der Waals surface area contributed by atoms with E-state index in [1.54, 1.807) is 0 Å². The summed E-state index contributed by atoms with van der Waals surface area (Å²) >= 11 is 0. The van der Waals surface area contributed by atoms with Crippen molar-refractivity contribution in [3.8, 4) is 0 Å². The van der Waals surface area contributed by atoms with Gasteiger partial charge in [-0.25, -0.2) is 0 Å². The van der Waals surface area contributed by atoms with E-state index < -0.39 is 0 Å². The van der Waals surface area contributed by atoms with Crippen LogP contribution in [-0.2, 0) is 0 Å². The summed E-state index contributed by atoms with van der Waals surface area (Å²) in [7, 11) is 0. The summed E-state index contributed by atoms with van der Waals surface area (Å²) in [5, 5.41) is 3.59. The normalized spacial score (nSPS) is 11.0. The van der Waals surface area contributed by atoms with E-state index in [1.165, 1.54) is 16.2 Å². The third kappa shape index (κ3) is 1.28. The maximum Gasteiger partial charge on any atom is 0.0783 e. The van der Waals surface area contributed by atoms with Crippen LogP contribution < -0.4 is 0 Å². The topological polar surface area (TPSA) is 12.9 Å². The number of aromatic nitrogens is 1. The van der Waals surface area contributed by atoms with Crippen LogP contribution in [0.2, 0.25) is 0 Å². The minimum absolute atomic E-state index is 0.818. The fourth-order valence-corrected chi connectivity index (χ4v) is 1.90. The molecule has 0 saturated carbocycles. The smallest absolute Gasteiger partial charge is 0.0783 e. The number of hydrogen-bond donors (Lipinski definition) is 0. The van der Waals surface area contributed by atoms with Crippen molar-refractivity contribution in [2.75, 3.05) is 0 Å². The van der Waals surface area contributed by atoms with Crippen LogP contribution in [0.1, 0.15) is 5.69 Å². The SMILES string of the molecule is [CH2]c1ccc2ccc3ccccc3c2n1. The molecule has 0 atom stereocenters. The molecule has 0 amide bonds. The maximum atomic E-state index is 4.49. The van der Waals surface area contributed by atoms with Gasteiger partial charge in [-0.2, -0.15) is 0 Å². The average molecular weight is 192 g/mol. The minimum atomic E-state index is 0.818. The van der Waals surface area contributed by atoms with E-state index in [1.807, 2.05) is 18.2 Å². The van der Waals surface area contributed by atoms with Crippen LogP contribution in [-0.4, -0.2) is 4.98 Å². The Balaban J connectivity index is 2.57. The molecular weight excluding hydrogens is 182 g/mol. The second-order valence-corrected chi connectivity index (χ2v) is 3.66. The van der Waals surface area contributed by atoms with Crippen molar-refractivity contribution >= 4 is 21.7 Å². The summed E-state index contributed by atoms with van der Waals surface area (Å²) in [5.41, 5.74) is 1.86. The van der Waals surface area contributed by atoms with Crippen LogP contribution in [0.15, 0.2) is 48.5 Å². The average Bonchev–Trinajstić information content (AvgIpc) is 2.29. The summed E-state index contributed by atoms with van der Waals surface area (Å²) in [4.78, 5) is 4.49. The van der Waals surface area contributed by atoms with Crippen molar-refractivity contribution < 1.29 is 0 Å². The van der Waals surface area contributed by atoms with E-state index in [0.29, 0.717) is 0 Å². The lowest BCUT2D eigenvalue weighted by Crippen LogP contribution is -1.84. The number of pyridine rings is 1. The monoisotopic (exact) mass is 192 g/mol. The van der Waals surface area contributed by atoms with Gasteiger partial charge in [0, 0.05) is 16.5 Å². The zero-order valence-corrected chi connectivity index (χ0v) is 8.27. The lowest BCUT2D eigenvalue weighted by Gasteiger charge is -2.03. The molecule has 0 aliphatic heterocycles. The Morgan fingerprint density at radius 1 is 0.800 bits per heavy atom. The third-order valence-corrected chi connectivity index (χ3v) is 2.64. The predicted molar refractivity (Wildman–Crippen MR) is 63.7 cm³/mol. The molecule has 0 bridgehead atoms. The molecule has 3 rings (SSSR count). The quantitative estimate of drug-likeness (QED) is 0.496. The van der Waals surface area contributed by atoms with Gasteiger partial charge in [-0.3, -0.25) is 4.98 Å². The molecule has 1 heterocycles. The van der Waals surface area contributed by atoms with Crippen LogP contribution in [0.5, 0.6) is 0 Å². The van der Waals surface area contributed by atoms with Gasteiger partial charge in [-0.1, -0.05) is 42.5 Å². The Hall–Kier alpha value is -1.89. The van der Waals surface area contributed by atoms with Crippen molar-refractivity contribution in [3.63, 3.8) is 0 Å². The Kier molecular flexibility index (Phi) is 1.72. The van der Waals surface area contributed by atoms with E-state index in [4.69, 9.17) is 0 Å². The highest BCUT2D eigenvalue weighted by Gasteiger charge is 2.00. The predicted octanol–water partition coefficient (Wildman–Crippen LogP) is 3.57. The molecular formula is C14H10N. The van der Waals surface area contributed by atoms with Gasteiger partial charge < -0.3 is 0 Å². The molecule has 2 aromatic carbocycles. The Labute approximate surface area is 88.4 Å². The number of rotatable bonds is 0. The van der Waals surface area contributed by atoms with Crippen LogP contribution in [0.4, 0.5) is 0 Å². The van der Waals surface area contributed by atoms with Crippen molar-refractivity contribution in [1.29, 1.82) is 0 Å². The second-order valence-electron chi connectivity index (χ2n) is 3.66. The van der Waals surface area contributed by atoms with Gasteiger partial charge in [0.25, 0.3) is 0 Å². The molecule has 1 aromatic heterocycles. The standard InChI is InChI=1S/C14H10N/c1-10-6-7-12-9-8-11-4-2-3-5-13(11)14(12)15-10/h2-9H,1H2. The lowest BCUT2D eigenvalue weighted by atomic mass is 10.1. The maximum absolute atomic E-state index is 4.49. The van der Waals surface area contributed by atoms with Gasteiger partial charge >= 0.3 is 0 Å². The fourth-order valence-electron chi connectivity index (χ4n) is 1.90. The summed E-state index contributed by atoms with van der Waals surface area (Å²) < 4.78 is 0. The minimum Gasteiger partial charge on any atom is -0.252 e. The van der Waals surface area contributed by atoms with Crippen LogP contribution >= 0.6 is 0 Å². The van der Waals surface area contributed by atoms with Gasteiger partial charge in [0.05, 0.1) is 5.52 Å². The molecule has 0 N–H and O–H groups in total. The van der Waals surface area contributed by atoms with Gasteiger partial charge in [0.1, 0.15) is 0 Å². The zero-order chi connectivity index (χ0) is 10.3. The van der Waals surface area contributed by atoms with E-state index in [-0.39, 0.29) is 0 Å². The fraction of sp³-hybridized carbons (Fsp3) is 0. The first kappa shape index (κ1) is 8.42. The molecule has 0 spiro atoms. The zero-order valence-electron chi connectivity index (χ0n) is 8.27. The van der Waals surface area contributed by atoms with Gasteiger partial charge in [-0.05, 0) is 18.4 Å². The number of hydrogen-bond acceptors (Lipinski definition) is 1. The van der Waals surface area contributed by atoms with Gasteiger partial charge in [0.15, 0.2) is 0 Å². The van der Waals surface area contributed by atoms with Gasteiger partial charge in [-0.15, -0.1) is 0 Å². The van der Waals surface area contributed by atoms with Crippen LogP contribution in [0, 0.1) is 6.92 Å². The highest BCUT2D eigenvalue weighted by atomic mass is 14.7. The van der Waals surface area contributed by atoms with Crippen molar-refractivity contribution in [2.45, 2.75) is 0 Å². The van der Waals surface area contributed by atoms with Crippen LogP contribution in [0.25, 0.3) is 21.7 Å². The molecule has 1 heteroatoms. The molecule has 3 aromatic rings. The Morgan fingerprint density at radius 2 is 1.53 bits per heavy atom. The molecule has 1 radical (unpaired) electrons. The van der Waals surface area contributed by atoms with E-state index in [2.05, 4.69) is 42.2 Å². The summed E-state index contributed by atoms with van der Waals surface area (Å²) in [5.74, 6) is 0. The first-order valence-electron chi connectivity index (χ1n) is 4.95. The highest BCUT2D eigenvalue weighted by molar-refractivity contribution is 6.05. The Morgan fingerprint density at radius 3 is 2.47 bits per heavy atom. The molecule has 0 aliphatic carbocycles. The number of fused-ring (bicyclic) bond motifs is 3. The summed E-state index contributed by atoms with van der Waals surface area (Å²) in [6.45, 7) is 3.87. The molecule has 0 fully saturated rings. The molecule has 1 nitrogen and oxygen atoms in total. The molecule has 71 valence electrons. The molecule has 0 aliphatic rings. The number of benzene rings is 2.